The lowest BCUT2D eigenvalue weighted by Crippen LogP contribution is -2.30. The summed E-state index contributed by atoms with van der Waals surface area (Å²) < 4.78 is 0. The predicted molar refractivity (Wildman–Crippen MR) is 81.6 cm³/mol. The molecule has 0 saturated carbocycles. The SMILES string of the molecule is Cc1c(N2CCc3sccc3C2)cc(C#N)cc1[N+](=O)[O-]. The van der Waals surface area contributed by atoms with Gasteiger partial charge < -0.3 is 4.90 Å². The van der Waals surface area contributed by atoms with Crippen molar-refractivity contribution in [2.24, 2.45) is 0 Å². The Morgan fingerprint density at radius 3 is 3.00 bits per heavy atom. The quantitative estimate of drug-likeness (QED) is 0.629. The molecule has 0 unspecified atom stereocenters. The molecule has 21 heavy (non-hydrogen) atoms. The van der Waals surface area contributed by atoms with Gasteiger partial charge in [0.2, 0.25) is 0 Å². The van der Waals surface area contributed by atoms with Crippen LogP contribution in [0, 0.1) is 28.4 Å². The van der Waals surface area contributed by atoms with Crippen molar-refractivity contribution in [1.82, 2.24) is 0 Å². The van der Waals surface area contributed by atoms with Crippen LogP contribution >= 0.6 is 11.3 Å². The summed E-state index contributed by atoms with van der Waals surface area (Å²) in [6.07, 6.45) is 0.941. The maximum Gasteiger partial charge on any atom is 0.275 e. The van der Waals surface area contributed by atoms with Gasteiger partial charge in [0, 0.05) is 29.7 Å². The highest BCUT2D eigenvalue weighted by molar-refractivity contribution is 7.10. The molecular formula is C15H13N3O2S. The summed E-state index contributed by atoms with van der Waals surface area (Å²) in [5.41, 5.74) is 3.03. The number of hydrogen-bond acceptors (Lipinski definition) is 5. The van der Waals surface area contributed by atoms with Crippen LogP contribution in [0.3, 0.4) is 0 Å². The number of rotatable bonds is 2. The van der Waals surface area contributed by atoms with Crippen LogP contribution in [0.5, 0.6) is 0 Å². The maximum absolute atomic E-state index is 11.2. The zero-order valence-corrected chi connectivity index (χ0v) is 12.3. The molecule has 2 aromatic rings. The highest BCUT2D eigenvalue weighted by Crippen LogP contribution is 2.34. The molecule has 5 nitrogen and oxygen atoms in total. The molecule has 0 spiro atoms. The fourth-order valence-electron chi connectivity index (χ4n) is 2.72. The van der Waals surface area contributed by atoms with Crippen molar-refractivity contribution >= 4 is 22.7 Å². The van der Waals surface area contributed by atoms with Gasteiger partial charge in [-0.05, 0) is 36.4 Å². The molecule has 0 bridgehead atoms. The molecule has 1 aliphatic rings. The van der Waals surface area contributed by atoms with Gasteiger partial charge in [0.05, 0.1) is 22.1 Å². The van der Waals surface area contributed by atoms with E-state index in [2.05, 4.69) is 16.3 Å². The third kappa shape index (κ3) is 2.36. The maximum atomic E-state index is 11.2. The molecule has 1 aromatic carbocycles. The molecule has 106 valence electrons. The number of benzene rings is 1. The summed E-state index contributed by atoms with van der Waals surface area (Å²) >= 11 is 1.76. The molecule has 0 fully saturated rings. The Bertz CT molecular complexity index is 761. The molecule has 6 heteroatoms. The number of hydrogen-bond donors (Lipinski definition) is 0. The van der Waals surface area contributed by atoms with Crippen molar-refractivity contribution in [3.8, 4) is 6.07 Å². The van der Waals surface area contributed by atoms with Gasteiger partial charge in [-0.3, -0.25) is 10.1 Å². The predicted octanol–water partition coefficient (Wildman–Crippen LogP) is 3.40. The highest BCUT2D eigenvalue weighted by atomic mass is 32.1. The summed E-state index contributed by atoms with van der Waals surface area (Å²) in [7, 11) is 0. The van der Waals surface area contributed by atoms with Crippen LogP contribution in [0.15, 0.2) is 23.6 Å². The molecule has 0 radical (unpaired) electrons. The lowest BCUT2D eigenvalue weighted by Gasteiger charge is -2.30. The standard InChI is InChI=1S/C15H13N3O2S/c1-10-13(6-11(8-16)7-14(10)18(19)20)17-4-2-15-12(9-17)3-5-21-15/h3,5-7H,2,4,9H2,1H3. The molecule has 0 saturated heterocycles. The van der Waals surface area contributed by atoms with E-state index in [1.54, 1.807) is 24.3 Å². The van der Waals surface area contributed by atoms with Gasteiger partial charge in [0.15, 0.2) is 0 Å². The van der Waals surface area contributed by atoms with Crippen LogP contribution < -0.4 is 4.90 Å². The summed E-state index contributed by atoms with van der Waals surface area (Å²) in [5.74, 6) is 0. The van der Waals surface area contributed by atoms with Crippen molar-refractivity contribution in [2.75, 3.05) is 11.4 Å². The zero-order chi connectivity index (χ0) is 15.0. The Morgan fingerprint density at radius 2 is 2.29 bits per heavy atom. The van der Waals surface area contributed by atoms with Gasteiger partial charge in [0.1, 0.15) is 0 Å². The first-order valence-electron chi connectivity index (χ1n) is 6.59. The van der Waals surface area contributed by atoms with Gasteiger partial charge in [-0.15, -0.1) is 11.3 Å². The normalized spacial score (nSPS) is 13.6. The monoisotopic (exact) mass is 299 g/mol. The zero-order valence-electron chi connectivity index (χ0n) is 11.5. The molecule has 2 heterocycles. The van der Waals surface area contributed by atoms with Gasteiger partial charge in [-0.25, -0.2) is 0 Å². The largest absolute Gasteiger partial charge is 0.366 e. The first-order valence-corrected chi connectivity index (χ1v) is 7.47. The van der Waals surface area contributed by atoms with Crippen molar-refractivity contribution in [3.05, 3.63) is 55.3 Å². The van der Waals surface area contributed by atoms with E-state index in [0.29, 0.717) is 11.1 Å². The van der Waals surface area contributed by atoms with Crippen molar-refractivity contribution in [1.29, 1.82) is 5.26 Å². The van der Waals surface area contributed by atoms with Crippen molar-refractivity contribution in [3.63, 3.8) is 0 Å². The average molecular weight is 299 g/mol. The Labute approximate surface area is 126 Å². The fourth-order valence-corrected chi connectivity index (χ4v) is 3.61. The first-order chi connectivity index (χ1) is 10.1. The molecular weight excluding hydrogens is 286 g/mol. The second kappa shape index (κ2) is 5.19. The van der Waals surface area contributed by atoms with Crippen LogP contribution in [0.25, 0.3) is 0 Å². The Morgan fingerprint density at radius 1 is 1.48 bits per heavy atom. The van der Waals surface area contributed by atoms with Gasteiger partial charge >= 0.3 is 0 Å². The minimum Gasteiger partial charge on any atom is -0.366 e. The summed E-state index contributed by atoms with van der Waals surface area (Å²) in [6, 6.07) is 7.21. The molecule has 0 atom stereocenters. The Balaban J connectivity index is 2.05. The van der Waals surface area contributed by atoms with Gasteiger partial charge in [0.25, 0.3) is 5.69 Å². The number of nitro groups is 1. The second-order valence-electron chi connectivity index (χ2n) is 5.05. The fraction of sp³-hybridized carbons (Fsp3) is 0.267. The topological polar surface area (TPSA) is 70.2 Å². The third-order valence-electron chi connectivity index (χ3n) is 3.83. The number of nitriles is 1. The van der Waals surface area contributed by atoms with E-state index in [-0.39, 0.29) is 5.69 Å². The van der Waals surface area contributed by atoms with E-state index >= 15 is 0 Å². The summed E-state index contributed by atoms with van der Waals surface area (Å²) in [4.78, 5) is 14.3. The Kier molecular flexibility index (Phi) is 3.35. The molecule has 0 N–H and O–H groups in total. The second-order valence-corrected chi connectivity index (χ2v) is 6.05. The van der Waals surface area contributed by atoms with E-state index in [4.69, 9.17) is 5.26 Å². The van der Waals surface area contributed by atoms with Gasteiger partial charge in [-0.2, -0.15) is 5.26 Å². The molecule has 1 aliphatic heterocycles. The molecule has 3 rings (SSSR count). The van der Waals surface area contributed by atoms with Crippen molar-refractivity contribution in [2.45, 2.75) is 19.9 Å². The number of anilines is 1. The number of nitrogens with zero attached hydrogens (tertiary/aromatic N) is 3. The number of fused-ring (bicyclic) bond motifs is 1. The molecule has 0 amide bonds. The number of thiophene rings is 1. The van der Waals surface area contributed by atoms with Gasteiger partial charge in [-0.1, -0.05) is 0 Å². The van der Waals surface area contributed by atoms with E-state index < -0.39 is 4.92 Å². The lowest BCUT2D eigenvalue weighted by atomic mass is 10.0. The van der Waals surface area contributed by atoms with Crippen LogP contribution in [0.2, 0.25) is 0 Å². The van der Waals surface area contributed by atoms with Crippen LogP contribution in [0.1, 0.15) is 21.6 Å². The van der Waals surface area contributed by atoms with Crippen LogP contribution in [-0.4, -0.2) is 11.5 Å². The van der Waals surface area contributed by atoms with Crippen LogP contribution in [-0.2, 0) is 13.0 Å². The van der Waals surface area contributed by atoms with E-state index in [1.165, 1.54) is 16.5 Å². The highest BCUT2D eigenvalue weighted by Gasteiger charge is 2.23. The smallest absolute Gasteiger partial charge is 0.275 e. The minimum atomic E-state index is -0.417. The Hall–Kier alpha value is -2.39. The van der Waals surface area contributed by atoms with Crippen LogP contribution in [0.4, 0.5) is 11.4 Å². The minimum absolute atomic E-state index is 0.0140. The molecule has 0 aliphatic carbocycles. The summed E-state index contributed by atoms with van der Waals surface area (Å²) in [5, 5.41) is 22.3. The lowest BCUT2D eigenvalue weighted by molar-refractivity contribution is -0.385. The van der Waals surface area contributed by atoms with Crippen molar-refractivity contribution < 1.29 is 4.92 Å². The summed E-state index contributed by atoms with van der Waals surface area (Å²) in [6.45, 7) is 3.31. The average Bonchev–Trinajstić information content (AvgIpc) is 2.94. The first kappa shape index (κ1) is 13.6. The number of nitro benzene ring substituents is 1. The van der Waals surface area contributed by atoms with E-state index in [0.717, 1.165) is 25.2 Å². The third-order valence-corrected chi connectivity index (χ3v) is 4.85. The molecule has 1 aromatic heterocycles. The van der Waals surface area contributed by atoms with E-state index in [1.807, 2.05) is 6.07 Å². The van der Waals surface area contributed by atoms with E-state index in [9.17, 15) is 10.1 Å².